The first kappa shape index (κ1) is 10.8. The fraction of sp³-hybridized carbons (Fsp3) is 0.417. The maximum absolute atomic E-state index is 10.9. The molecule has 0 unspecified atom stereocenters. The second kappa shape index (κ2) is 4.04. The number of benzene rings is 1. The van der Waals surface area contributed by atoms with Crippen LogP contribution in [-0.2, 0) is 4.79 Å². The maximum atomic E-state index is 10.9. The zero-order valence-electron chi connectivity index (χ0n) is 8.85. The van der Waals surface area contributed by atoms with E-state index in [1.807, 2.05) is 0 Å². The zero-order chi connectivity index (χ0) is 11.6. The van der Waals surface area contributed by atoms with Crippen LogP contribution in [0.4, 0.5) is 0 Å². The Kier molecular flexibility index (Phi) is 2.73. The van der Waals surface area contributed by atoms with Crippen LogP contribution in [0, 0.1) is 5.41 Å². The van der Waals surface area contributed by atoms with Gasteiger partial charge in [0.1, 0.15) is 11.5 Å². The highest BCUT2D eigenvalue weighted by atomic mass is 16.5. The lowest BCUT2D eigenvalue weighted by atomic mass is 10.0. The number of hydrogen-bond acceptors (Lipinski definition) is 3. The Morgan fingerprint density at radius 3 is 2.75 bits per heavy atom. The van der Waals surface area contributed by atoms with Gasteiger partial charge in [-0.05, 0) is 31.4 Å². The SMILES string of the molecule is O=C(O)C1(CCOc2cccc(O)c2)CC1. The van der Waals surface area contributed by atoms with Gasteiger partial charge >= 0.3 is 5.97 Å². The Hall–Kier alpha value is -1.71. The first-order valence-corrected chi connectivity index (χ1v) is 5.28. The van der Waals surface area contributed by atoms with E-state index < -0.39 is 11.4 Å². The summed E-state index contributed by atoms with van der Waals surface area (Å²) >= 11 is 0. The minimum Gasteiger partial charge on any atom is -0.508 e. The van der Waals surface area contributed by atoms with Gasteiger partial charge in [-0.1, -0.05) is 6.07 Å². The fourth-order valence-corrected chi connectivity index (χ4v) is 1.66. The number of carboxylic acid groups (broad SMARTS) is 1. The second-order valence-electron chi connectivity index (χ2n) is 4.18. The summed E-state index contributed by atoms with van der Waals surface area (Å²) < 4.78 is 5.39. The van der Waals surface area contributed by atoms with E-state index >= 15 is 0 Å². The molecule has 4 nitrogen and oxygen atoms in total. The molecule has 86 valence electrons. The van der Waals surface area contributed by atoms with Crippen LogP contribution in [0.3, 0.4) is 0 Å². The van der Waals surface area contributed by atoms with Gasteiger partial charge in [-0.3, -0.25) is 4.79 Å². The van der Waals surface area contributed by atoms with Crippen molar-refractivity contribution in [2.24, 2.45) is 5.41 Å². The van der Waals surface area contributed by atoms with Crippen molar-refractivity contribution >= 4 is 5.97 Å². The van der Waals surface area contributed by atoms with Gasteiger partial charge in [0.2, 0.25) is 0 Å². The molecule has 0 aromatic heterocycles. The van der Waals surface area contributed by atoms with E-state index in [1.165, 1.54) is 6.07 Å². The summed E-state index contributed by atoms with van der Waals surface area (Å²) in [6, 6.07) is 6.50. The van der Waals surface area contributed by atoms with Crippen molar-refractivity contribution < 1.29 is 19.7 Å². The molecule has 0 bridgehead atoms. The van der Waals surface area contributed by atoms with E-state index in [0.717, 1.165) is 12.8 Å². The number of ether oxygens (including phenoxy) is 1. The molecule has 0 saturated heterocycles. The van der Waals surface area contributed by atoms with Gasteiger partial charge in [0.15, 0.2) is 0 Å². The highest BCUT2D eigenvalue weighted by Crippen LogP contribution is 2.48. The molecule has 1 aromatic carbocycles. The highest BCUT2D eigenvalue weighted by molar-refractivity contribution is 5.77. The van der Waals surface area contributed by atoms with Crippen LogP contribution >= 0.6 is 0 Å². The number of rotatable bonds is 5. The van der Waals surface area contributed by atoms with Crippen LogP contribution < -0.4 is 4.74 Å². The number of phenols is 1. The quantitative estimate of drug-likeness (QED) is 0.799. The number of carbonyl (C=O) groups is 1. The monoisotopic (exact) mass is 222 g/mol. The van der Waals surface area contributed by atoms with Gasteiger partial charge in [0.25, 0.3) is 0 Å². The molecule has 0 amide bonds. The van der Waals surface area contributed by atoms with E-state index in [0.29, 0.717) is 18.8 Å². The Bertz CT molecular complexity index is 396. The molecule has 0 heterocycles. The summed E-state index contributed by atoms with van der Waals surface area (Å²) in [4.78, 5) is 10.9. The summed E-state index contributed by atoms with van der Waals surface area (Å²) in [7, 11) is 0. The van der Waals surface area contributed by atoms with Crippen LogP contribution in [0.5, 0.6) is 11.5 Å². The largest absolute Gasteiger partial charge is 0.508 e. The van der Waals surface area contributed by atoms with Gasteiger partial charge in [-0.25, -0.2) is 0 Å². The van der Waals surface area contributed by atoms with Crippen LogP contribution in [0.2, 0.25) is 0 Å². The molecule has 2 rings (SSSR count). The van der Waals surface area contributed by atoms with Crippen molar-refractivity contribution in [1.82, 2.24) is 0 Å². The highest BCUT2D eigenvalue weighted by Gasteiger charge is 2.49. The minimum atomic E-state index is -0.730. The summed E-state index contributed by atoms with van der Waals surface area (Å²) in [5, 5.41) is 18.1. The second-order valence-corrected chi connectivity index (χ2v) is 4.18. The molecular formula is C12H14O4. The van der Waals surface area contributed by atoms with Gasteiger partial charge < -0.3 is 14.9 Å². The van der Waals surface area contributed by atoms with Crippen LogP contribution in [-0.4, -0.2) is 22.8 Å². The molecule has 0 spiro atoms. The predicted molar refractivity (Wildman–Crippen MR) is 57.5 cm³/mol. The number of phenolic OH excluding ortho intramolecular Hbond substituents is 1. The lowest BCUT2D eigenvalue weighted by molar-refractivity contribution is -0.143. The summed E-state index contributed by atoms with van der Waals surface area (Å²) in [5.41, 5.74) is -0.545. The van der Waals surface area contributed by atoms with Crippen LogP contribution in [0.25, 0.3) is 0 Å². The summed E-state index contributed by atoms with van der Waals surface area (Å²) in [6.07, 6.45) is 2.01. The van der Waals surface area contributed by atoms with Crippen molar-refractivity contribution in [1.29, 1.82) is 0 Å². The number of aromatic hydroxyl groups is 1. The third-order valence-electron chi connectivity index (χ3n) is 2.97. The standard InChI is InChI=1S/C12H14O4/c13-9-2-1-3-10(8-9)16-7-6-12(4-5-12)11(14)15/h1-3,8,13H,4-7H2,(H,14,15). The van der Waals surface area contributed by atoms with E-state index in [9.17, 15) is 9.90 Å². The molecule has 0 atom stereocenters. The van der Waals surface area contributed by atoms with Gasteiger partial charge in [0, 0.05) is 6.07 Å². The molecule has 1 saturated carbocycles. The van der Waals surface area contributed by atoms with Crippen molar-refractivity contribution in [3.05, 3.63) is 24.3 Å². The smallest absolute Gasteiger partial charge is 0.309 e. The number of aliphatic carboxylic acids is 1. The lowest BCUT2D eigenvalue weighted by Crippen LogP contribution is -2.17. The Morgan fingerprint density at radius 2 is 2.19 bits per heavy atom. The third kappa shape index (κ3) is 2.27. The first-order valence-electron chi connectivity index (χ1n) is 5.28. The first-order chi connectivity index (χ1) is 7.62. The lowest BCUT2D eigenvalue weighted by Gasteiger charge is -2.10. The van der Waals surface area contributed by atoms with Crippen LogP contribution in [0.1, 0.15) is 19.3 Å². The Labute approximate surface area is 93.5 Å². The molecule has 1 aromatic rings. The fourth-order valence-electron chi connectivity index (χ4n) is 1.66. The molecule has 16 heavy (non-hydrogen) atoms. The normalized spacial score (nSPS) is 16.8. The molecule has 1 aliphatic carbocycles. The summed E-state index contributed by atoms with van der Waals surface area (Å²) in [5.74, 6) is -0.00920. The van der Waals surface area contributed by atoms with E-state index in [-0.39, 0.29) is 5.75 Å². The predicted octanol–water partition coefficient (Wildman–Crippen LogP) is 2.03. The molecule has 4 heteroatoms. The van der Waals surface area contributed by atoms with E-state index in [4.69, 9.17) is 9.84 Å². The van der Waals surface area contributed by atoms with Gasteiger partial charge in [-0.2, -0.15) is 0 Å². The molecule has 2 N–H and O–H groups in total. The molecule has 0 aliphatic heterocycles. The zero-order valence-corrected chi connectivity index (χ0v) is 8.85. The van der Waals surface area contributed by atoms with E-state index in [1.54, 1.807) is 18.2 Å². The van der Waals surface area contributed by atoms with Crippen molar-refractivity contribution in [3.63, 3.8) is 0 Å². The molecular weight excluding hydrogens is 208 g/mol. The van der Waals surface area contributed by atoms with Gasteiger partial charge in [0.05, 0.1) is 12.0 Å². The van der Waals surface area contributed by atoms with Gasteiger partial charge in [-0.15, -0.1) is 0 Å². The van der Waals surface area contributed by atoms with E-state index in [2.05, 4.69) is 0 Å². The number of hydrogen-bond donors (Lipinski definition) is 2. The number of carboxylic acids is 1. The minimum absolute atomic E-state index is 0.150. The molecule has 1 fully saturated rings. The van der Waals surface area contributed by atoms with Crippen molar-refractivity contribution in [2.45, 2.75) is 19.3 Å². The molecule has 1 aliphatic rings. The third-order valence-corrected chi connectivity index (χ3v) is 2.97. The maximum Gasteiger partial charge on any atom is 0.309 e. The van der Waals surface area contributed by atoms with Crippen molar-refractivity contribution in [3.8, 4) is 11.5 Å². The average Bonchev–Trinajstić information content (AvgIpc) is 2.99. The van der Waals surface area contributed by atoms with Crippen LogP contribution in [0.15, 0.2) is 24.3 Å². The topological polar surface area (TPSA) is 66.8 Å². The average molecular weight is 222 g/mol. The Balaban J connectivity index is 1.83. The summed E-state index contributed by atoms with van der Waals surface area (Å²) in [6.45, 7) is 0.371. The van der Waals surface area contributed by atoms with Crippen molar-refractivity contribution in [2.75, 3.05) is 6.61 Å². The molecule has 0 radical (unpaired) electrons. The Morgan fingerprint density at radius 1 is 1.44 bits per heavy atom.